The van der Waals surface area contributed by atoms with Crippen LogP contribution in [-0.4, -0.2) is 24.6 Å². The minimum Gasteiger partial charge on any atom is -0.462 e. The third-order valence-electron chi connectivity index (χ3n) is 2.44. The molecule has 1 aliphatic heterocycles. The highest BCUT2D eigenvalue weighted by Gasteiger charge is 2.27. The fourth-order valence-corrected chi connectivity index (χ4v) is 1.88. The summed E-state index contributed by atoms with van der Waals surface area (Å²) in [6.45, 7) is 1.37. The van der Waals surface area contributed by atoms with Gasteiger partial charge in [-0.2, -0.15) is 0 Å². The van der Waals surface area contributed by atoms with E-state index in [2.05, 4.69) is 15.9 Å². The van der Waals surface area contributed by atoms with E-state index in [1.165, 1.54) is 6.92 Å². The van der Waals surface area contributed by atoms with Gasteiger partial charge in [0.05, 0.1) is 5.57 Å². The summed E-state index contributed by atoms with van der Waals surface area (Å²) in [7, 11) is 0. The molecule has 0 N–H and O–H groups in total. The molecule has 0 spiro atoms. The van der Waals surface area contributed by atoms with E-state index in [0.717, 1.165) is 10.0 Å². The zero-order chi connectivity index (χ0) is 13.1. The van der Waals surface area contributed by atoms with Crippen molar-refractivity contribution in [3.05, 3.63) is 40.4 Å². The minimum atomic E-state index is -0.500. The molecule has 1 aromatic rings. The second-order valence-electron chi connectivity index (χ2n) is 3.83. The molecule has 5 heteroatoms. The number of rotatable bonds is 3. The second kappa shape index (κ2) is 5.35. The molecule has 0 radical (unpaired) electrons. The van der Waals surface area contributed by atoms with Crippen molar-refractivity contribution in [2.45, 2.75) is 13.0 Å². The zero-order valence-corrected chi connectivity index (χ0v) is 11.3. The highest BCUT2D eigenvalue weighted by Crippen LogP contribution is 2.25. The van der Waals surface area contributed by atoms with Crippen molar-refractivity contribution in [2.75, 3.05) is 6.61 Å². The van der Waals surface area contributed by atoms with E-state index in [9.17, 15) is 9.59 Å². The van der Waals surface area contributed by atoms with Crippen LogP contribution < -0.4 is 0 Å². The predicted octanol–water partition coefficient (Wildman–Crippen LogP) is 2.32. The Morgan fingerprint density at radius 1 is 1.39 bits per heavy atom. The van der Waals surface area contributed by atoms with Gasteiger partial charge in [-0.1, -0.05) is 28.1 Å². The SMILES string of the molecule is CC(=O)OC[C@H]1C=C(c2ccc(Br)cc2)C(=O)O1. The zero-order valence-electron chi connectivity index (χ0n) is 9.68. The first-order chi connectivity index (χ1) is 8.56. The van der Waals surface area contributed by atoms with Gasteiger partial charge in [-0.05, 0) is 23.8 Å². The molecule has 0 bridgehead atoms. The number of carbonyl (C=O) groups excluding carboxylic acids is 2. The fourth-order valence-electron chi connectivity index (χ4n) is 1.61. The molecule has 1 aromatic carbocycles. The number of hydrogen-bond acceptors (Lipinski definition) is 4. The largest absolute Gasteiger partial charge is 0.462 e. The van der Waals surface area contributed by atoms with Crippen molar-refractivity contribution < 1.29 is 19.1 Å². The van der Waals surface area contributed by atoms with Crippen molar-refractivity contribution >= 4 is 33.4 Å². The third-order valence-corrected chi connectivity index (χ3v) is 2.97. The highest BCUT2D eigenvalue weighted by atomic mass is 79.9. The molecule has 4 nitrogen and oxygen atoms in total. The molecule has 0 aliphatic carbocycles. The van der Waals surface area contributed by atoms with Gasteiger partial charge in [0, 0.05) is 11.4 Å². The summed E-state index contributed by atoms with van der Waals surface area (Å²) in [6.07, 6.45) is 1.18. The maximum Gasteiger partial charge on any atom is 0.339 e. The van der Waals surface area contributed by atoms with E-state index in [-0.39, 0.29) is 6.61 Å². The molecule has 94 valence electrons. The molecule has 1 aliphatic rings. The Kier molecular flexibility index (Phi) is 3.81. The average molecular weight is 311 g/mol. The molecular formula is C13H11BrO4. The predicted molar refractivity (Wildman–Crippen MR) is 68.6 cm³/mol. The lowest BCUT2D eigenvalue weighted by Gasteiger charge is -2.06. The molecule has 18 heavy (non-hydrogen) atoms. The third kappa shape index (κ3) is 2.98. The van der Waals surface area contributed by atoms with Crippen LogP contribution in [0.2, 0.25) is 0 Å². The molecule has 0 amide bonds. The number of esters is 2. The lowest BCUT2D eigenvalue weighted by molar-refractivity contribution is -0.149. The summed E-state index contributed by atoms with van der Waals surface area (Å²) in [6, 6.07) is 7.35. The highest BCUT2D eigenvalue weighted by molar-refractivity contribution is 9.10. The van der Waals surface area contributed by atoms with Gasteiger partial charge in [-0.3, -0.25) is 4.79 Å². The molecule has 2 rings (SSSR count). The summed E-state index contributed by atoms with van der Waals surface area (Å²) in [5, 5.41) is 0. The van der Waals surface area contributed by atoms with Crippen LogP contribution in [0.5, 0.6) is 0 Å². The maximum atomic E-state index is 11.7. The van der Waals surface area contributed by atoms with Crippen molar-refractivity contribution in [3.63, 3.8) is 0 Å². The van der Waals surface area contributed by atoms with Gasteiger partial charge in [0.2, 0.25) is 0 Å². The summed E-state index contributed by atoms with van der Waals surface area (Å²) < 4.78 is 10.8. The molecule has 0 unspecified atom stereocenters. The van der Waals surface area contributed by atoms with E-state index in [4.69, 9.17) is 9.47 Å². The number of benzene rings is 1. The summed E-state index contributed by atoms with van der Waals surface area (Å²) in [5.74, 6) is -0.786. The number of carbonyl (C=O) groups is 2. The van der Waals surface area contributed by atoms with Crippen LogP contribution in [0.25, 0.3) is 5.57 Å². The fraction of sp³-hybridized carbons (Fsp3) is 0.231. The van der Waals surface area contributed by atoms with Gasteiger partial charge in [0.25, 0.3) is 0 Å². The standard InChI is InChI=1S/C13H11BrO4/c1-8(15)17-7-11-6-12(13(16)18-11)9-2-4-10(14)5-3-9/h2-6,11H,7H2,1H3/t11-/m1/s1. The van der Waals surface area contributed by atoms with Crippen molar-refractivity contribution in [1.29, 1.82) is 0 Å². The number of hydrogen-bond donors (Lipinski definition) is 0. The van der Waals surface area contributed by atoms with Gasteiger partial charge in [-0.25, -0.2) is 4.79 Å². The average Bonchev–Trinajstić information content (AvgIpc) is 2.69. The van der Waals surface area contributed by atoms with E-state index < -0.39 is 18.0 Å². The molecule has 0 saturated carbocycles. The summed E-state index contributed by atoms with van der Waals surface area (Å²) in [5.41, 5.74) is 1.29. The smallest absolute Gasteiger partial charge is 0.339 e. The number of ether oxygens (including phenoxy) is 2. The van der Waals surface area contributed by atoms with Gasteiger partial charge < -0.3 is 9.47 Å². The van der Waals surface area contributed by atoms with Crippen LogP contribution in [0.4, 0.5) is 0 Å². The van der Waals surface area contributed by atoms with Gasteiger partial charge in [-0.15, -0.1) is 0 Å². The van der Waals surface area contributed by atoms with Gasteiger partial charge in [0.1, 0.15) is 6.61 Å². The Labute approximate surface area is 113 Å². The van der Waals surface area contributed by atoms with Crippen molar-refractivity contribution in [1.82, 2.24) is 0 Å². The van der Waals surface area contributed by atoms with Gasteiger partial charge >= 0.3 is 11.9 Å². The summed E-state index contributed by atoms with van der Waals surface area (Å²) in [4.78, 5) is 22.4. The Morgan fingerprint density at radius 2 is 2.06 bits per heavy atom. The van der Waals surface area contributed by atoms with E-state index in [0.29, 0.717) is 5.57 Å². The van der Waals surface area contributed by atoms with Crippen molar-refractivity contribution in [2.24, 2.45) is 0 Å². The molecule has 1 atom stereocenters. The first kappa shape index (κ1) is 12.8. The number of cyclic esters (lactones) is 1. The van der Waals surface area contributed by atoms with Crippen LogP contribution in [0.3, 0.4) is 0 Å². The van der Waals surface area contributed by atoms with E-state index >= 15 is 0 Å². The van der Waals surface area contributed by atoms with Crippen LogP contribution >= 0.6 is 15.9 Å². The maximum absolute atomic E-state index is 11.7. The van der Waals surface area contributed by atoms with Crippen LogP contribution in [-0.2, 0) is 19.1 Å². The topological polar surface area (TPSA) is 52.6 Å². The molecule has 0 saturated heterocycles. The normalized spacial score (nSPS) is 18.2. The monoisotopic (exact) mass is 310 g/mol. The van der Waals surface area contributed by atoms with Crippen LogP contribution in [0, 0.1) is 0 Å². The Bertz CT molecular complexity index is 504. The molecule has 1 heterocycles. The first-order valence-electron chi connectivity index (χ1n) is 5.38. The van der Waals surface area contributed by atoms with Gasteiger partial charge in [0.15, 0.2) is 6.10 Å². The number of halogens is 1. The second-order valence-corrected chi connectivity index (χ2v) is 4.75. The molecular weight excluding hydrogens is 300 g/mol. The lowest BCUT2D eigenvalue weighted by atomic mass is 10.1. The van der Waals surface area contributed by atoms with Crippen LogP contribution in [0.1, 0.15) is 12.5 Å². The quantitative estimate of drug-likeness (QED) is 0.804. The van der Waals surface area contributed by atoms with Crippen LogP contribution in [0.15, 0.2) is 34.8 Å². The Hall–Kier alpha value is -1.62. The van der Waals surface area contributed by atoms with E-state index in [1.54, 1.807) is 6.08 Å². The Morgan fingerprint density at radius 3 is 2.67 bits per heavy atom. The molecule has 0 aromatic heterocycles. The van der Waals surface area contributed by atoms with Crippen molar-refractivity contribution in [3.8, 4) is 0 Å². The summed E-state index contributed by atoms with van der Waals surface area (Å²) >= 11 is 3.33. The minimum absolute atomic E-state index is 0.0566. The molecule has 0 fully saturated rings. The lowest BCUT2D eigenvalue weighted by Crippen LogP contribution is -2.17. The Balaban J connectivity index is 2.12. The first-order valence-corrected chi connectivity index (χ1v) is 6.17. The van der Waals surface area contributed by atoms with E-state index in [1.807, 2.05) is 24.3 Å².